The molecule has 5 aromatic rings. The van der Waals surface area contributed by atoms with E-state index in [1.165, 1.54) is 0 Å². The lowest BCUT2D eigenvalue weighted by atomic mass is 9.99. The van der Waals surface area contributed by atoms with Crippen molar-refractivity contribution >= 4 is 22.8 Å². The number of hydrogen-bond donors (Lipinski definition) is 2. The molecule has 5 aromatic carbocycles. The first-order valence-electron chi connectivity index (χ1n) is 11.8. The van der Waals surface area contributed by atoms with Gasteiger partial charge in [-0.2, -0.15) is 0 Å². The number of aromatic hydroxyl groups is 2. The first-order valence-corrected chi connectivity index (χ1v) is 11.8. The number of esters is 1. The maximum Gasteiger partial charge on any atom is 0.315 e. The zero-order valence-corrected chi connectivity index (χ0v) is 19.9. The number of phenols is 2. The maximum absolute atomic E-state index is 12.0. The van der Waals surface area contributed by atoms with Crippen LogP contribution in [0.5, 0.6) is 28.7 Å². The Kier molecular flexibility index (Phi) is 6.86. The van der Waals surface area contributed by atoms with Gasteiger partial charge in [0, 0.05) is 10.9 Å². The summed E-state index contributed by atoms with van der Waals surface area (Å²) in [4.78, 5) is 12.0. The normalized spacial score (nSPS) is 11.0. The maximum atomic E-state index is 12.0. The lowest BCUT2D eigenvalue weighted by Gasteiger charge is -2.15. The second kappa shape index (κ2) is 10.7. The molecule has 0 aliphatic heterocycles. The number of para-hydroxylation sites is 1. The van der Waals surface area contributed by atoms with Gasteiger partial charge in [-0.05, 0) is 77.2 Å². The molecule has 0 bridgehead atoms. The van der Waals surface area contributed by atoms with Crippen LogP contribution in [0, 0.1) is 0 Å². The molecule has 0 radical (unpaired) electrons. The lowest BCUT2D eigenvalue weighted by molar-refractivity contribution is -0.133. The van der Waals surface area contributed by atoms with E-state index in [1.54, 1.807) is 42.5 Å². The van der Waals surface area contributed by atoms with Crippen molar-refractivity contribution in [2.24, 2.45) is 0 Å². The standard InChI is InChI=1S/C32H24O5/c33-25-14-11-23(12-15-25)29-19-13-24-21-26(34)16-20-30(24)32(29)37-28-17-9-22(10-18-28)5-4-8-31(35)36-27-6-2-1-3-7-27/h1-7,9-21,33-34H,8H2. The molecule has 0 fully saturated rings. The van der Waals surface area contributed by atoms with E-state index in [2.05, 4.69) is 0 Å². The van der Waals surface area contributed by atoms with Crippen LogP contribution in [0.1, 0.15) is 12.0 Å². The molecule has 2 N–H and O–H groups in total. The minimum atomic E-state index is -0.328. The van der Waals surface area contributed by atoms with Crippen LogP contribution in [-0.2, 0) is 4.79 Å². The fraction of sp³-hybridized carbons (Fsp3) is 0.0312. The van der Waals surface area contributed by atoms with E-state index >= 15 is 0 Å². The molecule has 0 atom stereocenters. The molecule has 0 aliphatic carbocycles. The number of carbonyl (C=O) groups excluding carboxylic acids is 1. The molecule has 5 nitrogen and oxygen atoms in total. The third kappa shape index (κ3) is 5.80. The molecule has 37 heavy (non-hydrogen) atoms. The van der Waals surface area contributed by atoms with E-state index < -0.39 is 0 Å². The van der Waals surface area contributed by atoms with Gasteiger partial charge in [0.1, 0.15) is 28.7 Å². The van der Waals surface area contributed by atoms with Gasteiger partial charge in [-0.3, -0.25) is 4.79 Å². The number of phenolic OH excluding ortho intramolecular Hbond substituents is 2. The van der Waals surface area contributed by atoms with E-state index in [1.807, 2.05) is 78.9 Å². The molecule has 182 valence electrons. The second-order valence-electron chi connectivity index (χ2n) is 8.46. The summed E-state index contributed by atoms with van der Waals surface area (Å²) in [6.45, 7) is 0. The zero-order chi connectivity index (χ0) is 25.6. The van der Waals surface area contributed by atoms with E-state index in [-0.39, 0.29) is 23.9 Å². The van der Waals surface area contributed by atoms with Crippen molar-refractivity contribution < 1.29 is 24.5 Å². The van der Waals surface area contributed by atoms with Gasteiger partial charge in [0.05, 0.1) is 6.42 Å². The summed E-state index contributed by atoms with van der Waals surface area (Å²) in [6.07, 6.45) is 3.78. The summed E-state index contributed by atoms with van der Waals surface area (Å²) in [6, 6.07) is 32.5. The van der Waals surface area contributed by atoms with Crippen molar-refractivity contribution in [3.63, 3.8) is 0 Å². The first-order chi connectivity index (χ1) is 18.0. The number of carbonyl (C=O) groups is 1. The minimum Gasteiger partial charge on any atom is -0.508 e. The molecule has 0 unspecified atom stereocenters. The molecule has 0 spiro atoms. The molecule has 0 heterocycles. The van der Waals surface area contributed by atoms with Gasteiger partial charge in [-0.25, -0.2) is 0 Å². The van der Waals surface area contributed by atoms with Crippen molar-refractivity contribution in [3.8, 4) is 39.9 Å². The van der Waals surface area contributed by atoms with E-state index in [9.17, 15) is 15.0 Å². The Morgan fingerprint density at radius 2 is 1.46 bits per heavy atom. The van der Waals surface area contributed by atoms with Crippen LogP contribution in [0.3, 0.4) is 0 Å². The molecular weight excluding hydrogens is 464 g/mol. The Labute approximate surface area is 214 Å². The average Bonchev–Trinajstić information content (AvgIpc) is 2.91. The van der Waals surface area contributed by atoms with E-state index in [4.69, 9.17) is 9.47 Å². The van der Waals surface area contributed by atoms with Crippen molar-refractivity contribution in [2.45, 2.75) is 6.42 Å². The van der Waals surface area contributed by atoms with Gasteiger partial charge in [-0.15, -0.1) is 0 Å². The van der Waals surface area contributed by atoms with Gasteiger partial charge in [0.25, 0.3) is 0 Å². The number of fused-ring (bicyclic) bond motifs is 1. The summed E-state index contributed by atoms with van der Waals surface area (Å²) in [5.41, 5.74) is 2.67. The number of hydrogen-bond acceptors (Lipinski definition) is 5. The highest BCUT2D eigenvalue weighted by atomic mass is 16.5. The lowest BCUT2D eigenvalue weighted by Crippen LogP contribution is -2.05. The largest absolute Gasteiger partial charge is 0.508 e. The fourth-order valence-electron chi connectivity index (χ4n) is 3.98. The van der Waals surface area contributed by atoms with Crippen LogP contribution in [-0.4, -0.2) is 16.2 Å². The number of benzene rings is 5. The predicted octanol–water partition coefficient (Wildman–Crippen LogP) is 7.72. The van der Waals surface area contributed by atoms with Crippen molar-refractivity contribution in [1.29, 1.82) is 0 Å². The Bertz CT molecular complexity index is 1550. The SMILES string of the molecule is O=C(CC=Cc1ccc(Oc2c(-c3ccc(O)cc3)ccc3cc(O)ccc23)cc1)Oc1ccccc1. The van der Waals surface area contributed by atoms with Gasteiger partial charge in [0.2, 0.25) is 0 Å². The Morgan fingerprint density at radius 1 is 0.730 bits per heavy atom. The first kappa shape index (κ1) is 23.7. The highest BCUT2D eigenvalue weighted by Crippen LogP contribution is 2.40. The average molecular weight is 489 g/mol. The highest BCUT2D eigenvalue weighted by molar-refractivity contribution is 5.96. The topological polar surface area (TPSA) is 76.0 Å². The van der Waals surface area contributed by atoms with Crippen molar-refractivity contribution in [2.75, 3.05) is 0 Å². The third-order valence-corrected chi connectivity index (χ3v) is 5.80. The van der Waals surface area contributed by atoms with Gasteiger partial charge in [-0.1, -0.05) is 60.7 Å². The Morgan fingerprint density at radius 3 is 2.22 bits per heavy atom. The summed E-state index contributed by atoms with van der Waals surface area (Å²) in [5.74, 6) is 1.86. The number of ether oxygens (including phenoxy) is 2. The summed E-state index contributed by atoms with van der Waals surface area (Å²) < 4.78 is 11.7. The Hall–Kier alpha value is -5.03. The second-order valence-corrected chi connectivity index (χ2v) is 8.46. The molecule has 0 amide bonds. The van der Waals surface area contributed by atoms with Crippen LogP contribution in [0.25, 0.3) is 28.0 Å². The predicted molar refractivity (Wildman–Crippen MR) is 145 cm³/mol. The zero-order valence-electron chi connectivity index (χ0n) is 19.9. The van der Waals surface area contributed by atoms with Crippen LogP contribution in [0.4, 0.5) is 0 Å². The number of rotatable bonds is 7. The summed E-state index contributed by atoms with van der Waals surface area (Å²) in [7, 11) is 0. The fourth-order valence-corrected chi connectivity index (χ4v) is 3.98. The molecular formula is C32H24O5. The van der Waals surface area contributed by atoms with E-state index in [0.29, 0.717) is 17.2 Å². The van der Waals surface area contributed by atoms with Crippen LogP contribution >= 0.6 is 0 Å². The van der Waals surface area contributed by atoms with Gasteiger partial charge < -0.3 is 19.7 Å². The smallest absolute Gasteiger partial charge is 0.315 e. The molecule has 0 aliphatic rings. The monoisotopic (exact) mass is 488 g/mol. The van der Waals surface area contributed by atoms with Crippen LogP contribution in [0.2, 0.25) is 0 Å². The summed E-state index contributed by atoms with van der Waals surface area (Å²) in [5, 5.41) is 21.3. The molecule has 5 rings (SSSR count). The van der Waals surface area contributed by atoms with Crippen LogP contribution in [0.15, 0.2) is 115 Å². The Balaban J connectivity index is 1.35. The minimum absolute atomic E-state index is 0.159. The van der Waals surface area contributed by atoms with Crippen molar-refractivity contribution in [3.05, 3.63) is 121 Å². The van der Waals surface area contributed by atoms with E-state index in [0.717, 1.165) is 27.5 Å². The molecule has 5 heteroatoms. The van der Waals surface area contributed by atoms with Gasteiger partial charge >= 0.3 is 5.97 Å². The van der Waals surface area contributed by atoms with Crippen molar-refractivity contribution in [1.82, 2.24) is 0 Å². The van der Waals surface area contributed by atoms with Gasteiger partial charge in [0.15, 0.2) is 0 Å². The molecule has 0 saturated heterocycles. The van der Waals surface area contributed by atoms with Crippen LogP contribution < -0.4 is 9.47 Å². The quantitative estimate of drug-likeness (QED) is 0.181. The summed E-state index contributed by atoms with van der Waals surface area (Å²) >= 11 is 0. The molecule has 0 aromatic heterocycles. The highest BCUT2D eigenvalue weighted by Gasteiger charge is 2.13. The third-order valence-electron chi connectivity index (χ3n) is 5.80. The molecule has 0 saturated carbocycles.